The molecule has 0 fully saturated rings. The monoisotopic (exact) mass is 600 g/mol. The number of rotatable bonds is 7. The number of hydrogen-bond donors (Lipinski definition) is 3. The number of fused-ring (bicyclic) bond motifs is 1. The van der Waals surface area contributed by atoms with E-state index < -0.39 is 32.7 Å². The zero-order valence-corrected chi connectivity index (χ0v) is 22.8. The van der Waals surface area contributed by atoms with E-state index in [0.29, 0.717) is 5.01 Å². The van der Waals surface area contributed by atoms with E-state index in [9.17, 15) is 27.2 Å². The predicted molar refractivity (Wildman–Crippen MR) is 149 cm³/mol. The van der Waals surface area contributed by atoms with Crippen LogP contribution in [0.2, 0.25) is 5.02 Å². The minimum atomic E-state index is -3.96. The van der Waals surface area contributed by atoms with Crippen LogP contribution in [0.4, 0.5) is 15.2 Å². The van der Waals surface area contributed by atoms with Crippen molar-refractivity contribution in [3.05, 3.63) is 108 Å². The van der Waals surface area contributed by atoms with Crippen LogP contribution in [0.1, 0.15) is 20.9 Å². The second-order valence-electron chi connectivity index (χ2n) is 8.49. The first kappa shape index (κ1) is 27.2. The van der Waals surface area contributed by atoms with Gasteiger partial charge in [-0.3, -0.25) is 19.1 Å². The molecular formula is C25H18ClFN6O5S2. The molecule has 40 heavy (non-hydrogen) atoms. The van der Waals surface area contributed by atoms with E-state index in [0.717, 1.165) is 11.3 Å². The highest BCUT2D eigenvalue weighted by molar-refractivity contribution is 7.93. The van der Waals surface area contributed by atoms with Gasteiger partial charge in [0.05, 0.1) is 17.0 Å². The van der Waals surface area contributed by atoms with Crippen molar-refractivity contribution in [2.24, 2.45) is 0 Å². The minimum absolute atomic E-state index is 0.0919. The van der Waals surface area contributed by atoms with Crippen LogP contribution >= 0.6 is 22.9 Å². The number of H-pyrrole nitrogens is 1. The molecule has 3 N–H and O–H groups in total. The second-order valence-corrected chi connectivity index (χ2v) is 11.8. The molecule has 0 aliphatic rings. The van der Waals surface area contributed by atoms with E-state index in [2.05, 4.69) is 25.2 Å². The number of aryl methyl sites for hydroxylation is 1. The van der Waals surface area contributed by atoms with Gasteiger partial charge in [0.15, 0.2) is 0 Å². The number of hydrogen-bond acceptors (Lipinski definition) is 8. The molecule has 0 aliphatic heterocycles. The Labute approximate surface area is 234 Å². The van der Waals surface area contributed by atoms with Crippen LogP contribution in [0.5, 0.6) is 0 Å². The third kappa shape index (κ3) is 5.50. The normalized spacial score (nSPS) is 11.5. The van der Waals surface area contributed by atoms with Crippen molar-refractivity contribution >= 4 is 60.7 Å². The number of anilines is 2. The molecule has 0 radical (unpaired) electrons. The van der Waals surface area contributed by atoms with Crippen molar-refractivity contribution in [2.75, 3.05) is 10.0 Å². The number of halogens is 2. The number of benzene rings is 2. The van der Waals surface area contributed by atoms with Gasteiger partial charge in [0.2, 0.25) is 16.1 Å². The van der Waals surface area contributed by atoms with E-state index in [1.807, 2.05) is 0 Å². The number of amides is 1. The molecule has 0 atom stereocenters. The summed E-state index contributed by atoms with van der Waals surface area (Å²) < 4.78 is 43.5. The highest BCUT2D eigenvalue weighted by Crippen LogP contribution is 2.23. The average Bonchev–Trinajstić information content (AvgIpc) is 3.31. The number of aromatic nitrogens is 4. The van der Waals surface area contributed by atoms with E-state index >= 15 is 0 Å². The standard InChI is InChI=1S/C25H18ClFN6O5S2/c1-13-30-31-25(39-13)32-40(37,38)15-7-5-14(6-8-15)28-24(36)17-12-33(11-16-18(26)3-2-4-19(16)27)20-9-10-21(34)29-22(20)23(17)35/h2-10,12H,11H2,1H3,(H,28,36)(H,29,34)(H,31,32). The Kier molecular flexibility index (Phi) is 7.23. The molecule has 2 aromatic carbocycles. The van der Waals surface area contributed by atoms with Crippen LogP contribution in [0.3, 0.4) is 0 Å². The van der Waals surface area contributed by atoms with Crippen molar-refractivity contribution in [2.45, 2.75) is 18.4 Å². The molecule has 5 rings (SSSR count). The van der Waals surface area contributed by atoms with E-state index in [1.165, 1.54) is 65.4 Å². The van der Waals surface area contributed by atoms with Gasteiger partial charge in [-0.25, -0.2) is 12.8 Å². The summed E-state index contributed by atoms with van der Waals surface area (Å²) in [5.41, 5.74) is -1.23. The molecule has 3 aromatic heterocycles. The van der Waals surface area contributed by atoms with Gasteiger partial charge in [-0.2, -0.15) is 0 Å². The van der Waals surface area contributed by atoms with E-state index in [1.54, 1.807) is 6.92 Å². The Hall–Kier alpha value is -4.40. The van der Waals surface area contributed by atoms with E-state index in [4.69, 9.17) is 11.6 Å². The highest BCUT2D eigenvalue weighted by Gasteiger charge is 2.20. The number of nitrogens with zero attached hydrogens (tertiary/aromatic N) is 3. The minimum Gasteiger partial charge on any atom is -0.341 e. The molecule has 3 heterocycles. The Morgan fingerprint density at radius 1 is 1.10 bits per heavy atom. The topological polar surface area (TPSA) is 156 Å². The third-order valence-electron chi connectivity index (χ3n) is 5.77. The number of pyridine rings is 2. The van der Waals surface area contributed by atoms with Crippen LogP contribution in [-0.2, 0) is 16.6 Å². The zero-order valence-electron chi connectivity index (χ0n) is 20.4. The summed E-state index contributed by atoms with van der Waals surface area (Å²) in [4.78, 5) is 40.7. The quantitative estimate of drug-likeness (QED) is 0.257. The molecule has 0 bridgehead atoms. The Balaban J connectivity index is 1.46. The van der Waals surface area contributed by atoms with Crippen molar-refractivity contribution in [3.8, 4) is 0 Å². The summed E-state index contributed by atoms with van der Waals surface area (Å²) in [7, 11) is -3.96. The summed E-state index contributed by atoms with van der Waals surface area (Å²) in [6.45, 7) is 1.55. The average molecular weight is 601 g/mol. The molecule has 0 unspecified atom stereocenters. The maximum absolute atomic E-state index is 14.5. The van der Waals surface area contributed by atoms with E-state index in [-0.39, 0.29) is 49.4 Å². The maximum atomic E-state index is 14.5. The largest absolute Gasteiger partial charge is 0.341 e. The molecule has 0 saturated carbocycles. The van der Waals surface area contributed by atoms with Crippen LogP contribution in [0, 0.1) is 12.7 Å². The van der Waals surface area contributed by atoms with Crippen molar-refractivity contribution < 1.29 is 17.6 Å². The van der Waals surface area contributed by atoms with Gasteiger partial charge in [0, 0.05) is 28.5 Å². The molecule has 0 saturated heterocycles. The van der Waals surface area contributed by atoms with Crippen LogP contribution in [0.25, 0.3) is 11.0 Å². The molecule has 11 nitrogen and oxygen atoms in total. The van der Waals surface area contributed by atoms with Crippen LogP contribution < -0.4 is 21.0 Å². The second kappa shape index (κ2) is 10.6. The van der Waals surface area contributed by atoms with Gasteiger partial charge in [-0.1, -0.05) is 29.0 Å². The number of carbonyl (C=O) groups excluding carboxylic acids is 1. The lowest BCUT2D eigenvalue weighted by atomic mass is 10.1. The summed E-state index contributed by atoms with van der Waals surface area (Å²) in [5.74, 6) is -1.41. The van der Waals surface area contributed by atoms with Crippen molar-refractivity contribution in [1.82, 2.24) is 19.7 Å². The van der Waals surface area contributed by atoms with Crippen LogP contribution in [0.15, 0.2) is 75.3 Å². The highest BCUT2D eigenvalue weighted by atomic mass is 35.5. The Bertz CT molecular complexity index is 1990. The van der Waals surface area contributed by atoms with Gasteiger partial charge >= 0.3 is 0 Å². The molecule has 15 heteroatoms. The lowest BCUT2D eigenvalue weighted by Crippen LogP contribution is -2.26. The number of aromatic amines is 1. The predicted octanol–water partition coefficient (Wildman–Crippen LogP) is 3.74. The van der Waals surface area contributed by atoms with Crippen molar-refractivity contribution in [1.29, 1.82) is 0 Å². The number of nitrogens with one attached hydrogen (secondary N) is 3. The first-order chi connectivity index (χ1) is 19.0. The fourth-order valence-electron chi connectivity index (χ4n) is 3.87. The smallest absolute Gasteiger partial charge is 0.263 e. The maximum Gasteiger partial charge on any atom is 0.263 e. The molecule has 0 aliphatic carbocycles. The first-order valence-electron chi connectivity index (χ1n) is 11.5. The summed E-state index contributed by atoms with van der Waals surface area (Å²) in [6, 6.07) is 12.0. The first-order valence-corrected chi connectivity index (χ1v) is 14.1. The molecular weight excluding hydrogens is 583 g/mol. The summed E-state index contributed by atoms with van der Waals surface area (Å²) >= 11 is 7.26. The van der Waals surface area contributed by atoms with Gasteiger partial charge < -0.3 is 14.9 Å². The lowest BCUT2D eigenvalue weighted by Gasteiger charge is -2.15. The Morgan fingerprint density at radius 3 is 2.52 bits per heavy atom. The van der Waals surface area contributed by atoms with Gasteiger partial charge in [-0.05, 0) is 49.4 Å². The molecule has 204 valence electrons. The van der Waals surface area contributed by atoms with Gasteiger partial charge in [0.25, 0.3) is 15.9 Å². The summed E-state index contributed by atoms with van der Waals surface area (Å²) in [6.07, 6.45) is 1.24. The molecule has 1 amide bonds. The number of carbonyl (C=O) groups is 1. The van der Waals surface area contributed by atoms with Gasteiger partial charge in [-0.15, -0.1) is 10.2 Å². The fraction of sp³-hybridized carbons (Fsp3) is 0.0800. The summed E-state index contributed by atoms with van der Waals surface area (Å²) in [5, 5.41) is 10.9. The molecule has 5 aromatic rings. The zero-order chi connectivity index (χ0) is 28.6. The third-order valence-corrected chi connectivity index (χ3v) is 8.36. The number of sulfonamides is 1. The van der Waals surface area contributed by atoms with Crippen molar-refractivity contribution in [3.63, 3.8) is 0 Å². The van der Waals surface area contributed by atoms with Crippen LogP contribution in [-0.4, -0.2) is 34.1 Å². The SMILES string of the molecule is Cc1nnc(NS(=O)(=O)c2ccc(NC(=O)c3cn(Cc4c(F)cccc4Cl)c4ccc(=O)[nH]c4c3=O)cc2)s1. The lowest BCUT2D eigenvalue weighted by molar-refractivity contribution is 0.102. The Morgan fingerprint density at radius 2 is 1.85 bits per heavy atom. The molecule has 0 spiro atoms. The fourth-order valence-corrected chi connectivity index (χ4v) is 5.92. The van der Waals surface area contributed by atoms with Gasteiger partial charge in [0.1, 0.15) is 21.9 Å².